The largest absolute Gasteiger partial charge is 0.352 e. The summed E-state index contributed by atoms with van der Waals surface area (Å²) < 4.78 is 25.9. The van der Waals surface area contributed by atoms with E-state index in [0.717, 1.165) is 5.65 Å². The quantitative estimate of drug-likeness (QED) is 0.828. The molecule has 0 amide bonds. The van der Waals surface area contributed by atoms with Crippen LogP contribution in [0.4, 0.5) is 5.95 Å². The second kappa shape index (κ2) is 4.91. The van der Waals surface area contributed by atoms with E-state index >= 15 is 0 Å². The molecule has 18 heavy (non-hydrogen) atoms. The van der Waals surface area contributed by atoms with E-state index in [1.54, 1.807) is 10.7 Å². The van der Waals surface area contributed by atoms with Gasteiger partial charge in [-0.2, -0.15) is 4.98 Å². The van der Waals surface area contributed by atoms with Gasteiger partial charge in [-0.25, -0.2) is 17.2 Å². The van der Waals surface area contributed by atoms with Gasteiger partial charge >= 0.3 is 0 Å². The van der Waals surface area contributed by atoms with Crippen molar-refractivity contribution in [2.45, 2.75) is 0 Å². The van der Waals surface area contributed by atoms with Gasteiger partial charge in [0.05, 0.1) is 5.75 Å². The van der Waals surface area contributed by atoms with E-state index in [1.807, 2.05) is 18.2 Å². The highest BCUT2D eigenvalue weighted by atomic mass is 32.2. The van der Waals surface area contributed by atoms with Crippen LogP contribution in [0.25, 0.3) is 5.65 Å². The second-order valence-electron chi connectivity index (χ2n) is 3.96. The summed E-state index contributed by atoms with van der Waals surface area (Å²) in [6.45, 7) is 0.275. The maximum Gasteiger partial charge on any atom is 0.243 e. The van der Waals surface area contributed by atoms with Gasteiger partial charge in [0.2, 0.25) is 16.0 Å². The Morgan fingerprint density at radius 3 is 2.83 bits per heavy atom. The van der Waals surface area contributed by atoms with Crippen LogP contribution in [0.3, 0.4) is 0 Å². The average Bonchev–Trinajstić information content (AvgIpc) is 2.70. The summed E-state index contributed by atoms with van der Waals surface area (Å²) in [5.41, 5.74) is 0.718. The van der Waals surface area contributed by atoms with Crippen molar-refractivity contribution in [3.05, 3.63) is 24.4 Å². The first-order valence-electron chi connectivity index (χ1n) is 5.44. The van der Waals surface area contributed by atoms with E-state index in [4.69, 9.17) is 0 Å². The molecular formula is C10H15N5O2S. The molecule has 0 unspecified atom stereocenters. The molecule has 2 aromatic heterocycles. The van der Waals surface area contributed by atoms with E-state index in [0.29, 0.717) is 5.95 Å². The summed E-state index contributed by atoms with van der Waals surface area (Å²) >= 11 is 0. The number of nitrogens with zero attached hydrogens (tertiary/aromatic N) is 4. The fourth-order valence-corrected chi connectivity index (χ4v) is 2.11. The molecule has 0 spiro atoms. The van der Waals surface area contributed by atoms with Crippen molar-refractivity contribution in [3.63, 3.8) is 0 Å². The SMILES string of the molecule is CN(C)S(=O)(=O)CCNc1nc2ccccn2n1. The van der Waals surface area contributed by atoms with Crippen molar-refractivity contribution in [1.82, 2.24) is 18.9 Å². The average molecular weight is 269 g/mol. The summed E-state index contributed by atoms with van der Waals surface area (Å²) in [6, 6.07) is 5.54. The first-order chi connectivity index (χ1) is 8.49. The smallest absolute Gasteiger partial charge is 0.243 e. The highest BCUT2D eigenvalue weighted by molar-refractivity contribution is 7.89. The fourth-order valence-electron chi connectivity index (χ4n) is 1.38. The lowest BCUT2D eigenvalue weighted by atomic mass is 10.5. The third-order valence-corrected chi connectivity index (χ3v) is 4.27. The van der Waals surface area contributed by atoms with Crippen LogP contribution in [0.1, 0.15) is 0 Å². The molecular weight excluding hydrogens is 254 g/mol. The Hall–Kier alpha value is -1.67. The van der Waals surface area contributed by atoms with Gasteiger partial charge in [-0.1, -0.05) is 6.07 Å². The van der Waals surface area contributed by atoms with Gasteiger partial charge in [-0.15, -0.1) is 5.10 Å². The molecule has 0 aliphatic carbocycles. The molecule has 0 saturated carbocycles. The Balaban J connectivity index is 1.99. The molecule has 98 valence electrons. The zero-order chi connectivity index (χ0) is 13.2. The van der Waals surface area contributed by atoms with Gasteiger partial charge in [0.1, 0.15) is 0 Å². The molecule has 0 radical (unpaired) electrons. The maximum absolute atomic E-state index is 11.5. The van der Waals surface area contributed by atoms with Crippen molar-refractivity contribution in [2.24, 2.45) is 0 Å². The van der Waals surface area contributed by atoms with Gasteiger partial charge in [-0.3, -0.25) is 0 Å². The van der Waals surface area contributed by atoms with E-state index in [-0.39, 0.29) is 12.3 Å². The number of hydrogen-bond acceptors (Lipinski definition) is 5. The second-order valence-corrected chi connectivity index (χ2v) is 6.27. The number of anilines is 1. The van der Waals surface area contributed by atoms with Gasteiger partial charge < -0.3 is 5.32 Å². The fraction of sp³-hybridized carbons (Fsp3) is 0.400. The maximum atomic E-state index is 11.5. The molecule has 0 aliphatic heterocycles. The lowest BCUT2D eigenvalue weighted by Gasteiger charge is -2.10. The summed E-state index contributed by atoms with van der Waals surface area (Å²) in [4.78, 5) is 4.21. The van der Waals surface area contributed by atoms with Crippen LogP contribution in [-0.2, 0) is 10.0 Å². The third kappa shape index (κ3) is 2.77. The van der Waals surface area contributed by atoms with Crippen LogP contribution in [-0.4, -0.2) is 53.7 Å². The Bertz CT molecular complexity index is 602. The monoisotopic (exact) mass is 269 g/mol. The number of sulfonamides is 1. The zero-order valence-corrected chi connectivity index (χ0v) is 11.1. The molecule has 0 atom stereocenters. The van der Waals surface area contributed by atoms with E-state index in [9.17, 15) is 8.42 Å². The summed E-state index contributed by atoms with van der Waals surface area (Å²) in [7, 11) is -0.165. The van der Waals surface area contributed by atoms with E-state index < -0.39 is 10.0 Å². The molecule has 7 nitrogen and oxygen atoms in total. The van der Waals surface area contributed by atoms with Crippen LogP contribution >= 0.6 is 0 Å². The first kappa shape index (κ1) is 12.8. The minimum Gasteiger partial charge on any atom is -0.352 e. The lowest BCUT2D eigenvalue weighted by molar-refractivity contribution is 0.521. The molecule has 0 saturated heterocycles. The lowest BCUT2D eigenvalue weighted by Crippen LogP contribution is -2.28. The molecule has 2 rings (SSSR count). The van der Waals surface area contributed by atoms with Crippen LogP contribution in [0, 0.1) is 0 Å². The Morgan fingerprint density at radius 2 is 2.17 bits per heavy atom. The van der Waals surface area contributed by atoms with Crippen LogP contribution in [0.5, 0.6) is 0 Å². The van der Waals surface area contributed by atoms with Crippen molar-refractivity contribution < 1.29 is 8.42 Å². The van der Waals surface area contributed by atoms with Crippen molar-refractivity contribution >= 4 is 21.6 Å². The highest BCUT2D eigenvalue weighted by Crippen LogP contribution is 2.04. The van der Waals surface area contributed by atoms with Crippen LogP contribution in [0.15, 0.2) is 24.4 Å². The van der Waals surface area contributed by atoms with E-state index in [1.165, 1.54) is 18.4 Å². The number of rotatable bonds is 5. The van der Waals surface area contributed by atoms with Gasteiger partial charge in [-0.05, 0) is 12.1 Å². The number of nitrogens with one attached hydrogen (secondary N) is 1. The molecule has 0 aromatic carbocycles. The predicted octanol–water partition coefficient (Wildman–Crippen LogP) is 0.0326. The number of aromatic nitrogens is 3. The summed E-state index contributed by atoms with van der Waals surface area (Å²) in [6.07, 6.45) is 1.78. The Kier molecular flexibility index (Phi) is 3.48. The standard InChI is InChI=1S/C10H15N5O2S/c1-14(2)18(16,17)8-6-11-10-12-9-5-3-4-7-15(9)13-10/h3-5,7H,6,8H2,1-2H3,(H,11,13). The number of fused-ring (bicyclic) bond motifs is 1. The van der Waals surface area contributed by atoms with Gasteiger partial charge in [0, 0.05) is 26.8 Å². The van der Waals surface area contributed by atoms with Crippen LogP contribution < -0.4 is 5.32 Å². The first-order valence-corrected chi connectivity index (χ1v) is 7.05. The highest BCUT2D eigenvalue weighted by Gasteiger charge is 2.13. The van der Waals surface area contributed by atoms with Crippen molar-refractivity contribution in [2.75, 3.05) is 31.7 Å². The number of pyridine rings is 1. The Labute approximate surface area is 105 Å². The third-order valence-electron chi connectivity index (χ3n) is 2.44. The Morgan fingerprint density at radius 1 is 1.39 bits per heavy atom. The molecule has 1 N–H and O–H groups in total. The van der Waals surface area contributed by atoms with Gasteiger partial charge in [0.15, 0.2) is 5.65 Å². The summed E-state index contributed by atoms with van der Waals surface area (Å²) in [5, 5.41) is 7.06. The molecule has 0 aliphatic rings. The van der Waals surface area contributed by atoms with Gasteiger partial charge in [0.25, 0.3) is 0 Å². The summed E-state index contributed by atoms with van der Waals surface area (Å²) in [5.74, 6) is 0.436. The van der Waals surface area contributed by atoms with E-state index in [2.05, 4.69) is 15.4 Å². The molecule has 0 bridgehead atoms. The van der Waals surface area contributed by atoms with Crippen molar-refractivity contribution in [1.29, 1.82) is 0 Å². The minimum absolute atomic E-state index is 0.00948. The number of hydrogen-bond donors (Lipinski definition) is 1. The molecule has 8 heteroatoms. The normalized spacial score (nSPS) is 12.2. The predicted molar refractivity (Wildman–Crippen MR) is 69.0 cm³/mol. The van der Waals surface area contributed by atoms with Crippen LogP contribution in [0.2, 0.25) is 0 Å². The van der Waals surface area contributed by atoms with Crippen molar-refractivity contribution in [3.8, 4) is 0 Å². The zero-order valence-electron chi connectivity index (χ0n) is 10.2. The molecule has 2 aromatic rings. The molecule has 2 heterocycles. The molecule has 0 fully saturated rings. The minimum atomic E-state index is -3.19. The topological polar surface area (TPSA) is 79.6 Å².